The molecular weight excluding hydrogens is 353 g/mol. The van der Waals surface area contributed by atoms with Crippen LogP contribution in [0.25, 0.3) is 0 Å². The summed E-state index contributed by atoms with van der Waals surface area (Å²) in [7, 11) is 1.57. The SMILES string of the molecule is COc1cccc(C(=S)NCc2ccco2)c1OCc1ccc(F)cc1. The molecule has 134 valence electrons. The van der Waals surface area contributed by atoms with Gasteiger partial charge in [-0.05, 0) is 42.0 Å². The topological polar surface area (TPSA) is 43.6 Å². The Morgan fingerprint density at radius 3 is 2.62 bits per heavy atom. The number of nitrogens with one attached hydrogen (secondary N) is 1. The van der Waals surface area contributed by atoms with Crippen molar-refractivity contribution in [3.05, 3.63) is 83.6 Å². The second-order valence-electron chi connectivity index (χ2n) is 5.51. The normalized spacial score (nSPS) is 10.4. The van der Waals surface area contributed by atoms with Crippen LogP contribution >= 0.6 is 12.2 Å². The third kappa shape index (κ3) is 4.40. The molecule has 0 saturated heterocycles. The van der Waals surface area contributed by atoms with Crippen molar-refractivity contribution >= 4 is 17.2 Å². The maximum Gasteiger partial charge on any atom is 0.171 e. The number of halogens is 1. The molecule has 0 aliphatic carbocycles. The summed E-state index contributed by atoms with van der Waals surface area (Å²) in [6.45, 7) is 0.745. The molecule has 0 unspecified atom stereocenters. The first-order chi connectivity index (χ1) is 12.7. The Kier molecular flexibility index (Phi) is 5.86. The lowest BCUT2D eigenvalue weighted by Crippen LogP contribution is -2.22. The van der Waals surface area contributed by atoms with Gasteiger partial charge in [-0.2, -0.15) is 0 Å². The van der Waals surface area contributed by atoms with E-state index in [2.05, 4.69) is 5.32 Å². The Morgan fingerprint density at radius 1 is 1.12 bits per heavy atom. The molecule has 3 aromatic rings. The van der Waals surface area contributed by atoms with E-state index in [4.69, 9.17) is 26.1 Å². The fraction of sp³-hybridized carbons (Fsp3) is 0.150. The molecule has 0 saturated carbocycles. The van der Waals surface area contributed by atoms with Gasteiger partial charge < -0.3 is 19.2 Å². The largest absolute Gasteiger partial charge is 0.493 e. The minimum Gasteiger partial charge on any atom is -0.493 e. The van der Waals surface area contributed by atoms with Crippen molar-refractivity contribution in [1.29, 1.82) is 0 Å². The van der Waals surface area contributed by atoms with Crippen molar-refractivity contribution in [2.75, 3.05) is 7.11 Å². The molecule has 1 aromatic heterocycles. The van der Waals surface area contributed by atoms with Gasteiger partial charge in [-0.25, -0.2) is 4.39 Å². The Labute approximate surface area is 156 Å². The average molecular weight is 371 g/mol. The van der Waals surface area contributed by atoms with E-state index in [9.17, 15) is 4.39 Å². The van der Waals surface area contributed by atoms with Gasteiger partial charge in [0.25, 0.3) is 0 Å². The van der Waals surface area contributed by atoms with Crippen molar-refractivity contribution < 1.29 is 18.3 Å². The quantitative estimate of drug-likeness (QED) is 0.621. The number of benzene rings is 2. The summed E-state index contributed by atoms with van der Waals surface area (Å²) in [6, 6.07) is 15.4. The van der Waals surface area contributed by atoms with E-state index in [1.165, 1.54) is 12.1 Å². The first-order valence-electron chi connectivity index (χ1n) is 8.02. The molecule has 0 amide bonds. The predicted molar refractivity (Wildman–Crippen MR) is 101 cm³/mol. The van der Waals surface area contributed by atoms with Crippen LogP contribution in [0.4, 0.5) is 4.39 Å². The minimum atomic E-state index is -0.282. The van der Waals surface area contributed by atoms with Crippen LogP contribution in [0.5, 0.6) is 11.5 Å². The number of hydrogen-bond acceptors (Lipinski definition) is 4. The molecule has 0 aliphatic rings. The maximum atomic E-state index is 13.0. The second-order valence-corrected chi connectivity index (χ2v) is 5.92. The van der Waals surface area contributed by atoms with Crippen LogP contribution in [-0.4, -0.2) is 12.1 Å². The smallest absolute Gasteiger partial charge is 0.171 e. The van der Waals surface area contributed by atoms with Gasteiger partial charge in [-0.3, -0.25) is 0 Å². The van der Waals surface area contributed by atoms with Crippen LogP contribution in [0.1, 0.15) is 16.9 Å². The van der Waals surface area contributed by atoms with Crippen molar-refractivity contribution in [1.82, 2.24) is 5.32 Å². The zero-order chi connectivity index (χ0) is 18.4. The van der Waals surface area contributed by atoms with Crippen LogP contribution in [0, 0.1) is 5.82 Å². The molecule has 0 radical (unpaired) electrons. The van der Waals surface area contributed by atoms with E-state index < -0.39 is 0 Å². The van der Waals surface area contributed by atoms with Crippen molar-refractivity contribution in [3.63, 3.8) is 0 Å². The lowest BCUT2D eigenvalue weighted by atomic mass is 10.1. The van der Waals surface area contributed by atoms with E-state index in [0.717, 1.165) is 11.3 Å². The molecule has 1 N–H and O–H groups in total. The van der Waals surface area contributed by atoms with Gasteiger partial charge in [0.05, 0.1) is 25.5 Å². The number of furan rings is 1. The number of para-hydroxylation sites is 1. The summed E-state index contributed by atoms with van der Waals surface area (Å²) in [4.78, 5) is 0.523. The number of thiocarbonyl (C=S) groups is 1. The zero-order valence-corrected chi connectivity index (χ0v) is 15.0. The minimum absolute atomic E-state index is 0.272. The summed E-state index contributed by atoms with van der Waals surface area (Å²) in [5, 5.41) is 3.15. The van der Waals surface area contributed by atoms with Crippen molar-refractivity contribution in [2.24, 2.45) is 0 Å². The van der Waals surface area contributed by atoms with Crippen LogP contribution < -0.4 is 14.8 Å². The predicted octanol–water partition coefficient (Wildman–Crippen LogP) is 4.47. The van der Waals surface area contributed by atoms with E-state index in [0.29, 0.717) is 28.6 Å². The van der Waals surface area contributed by atoms with Crippen LogP contribution in [0.15, 0.2) is 65.3 Å². The Morgan fingerprint density at radius 2 is 1.92 bits per heavy atom. The highest BCUT2D eigenvalue weighted by Crippen LogP contribution is 2.32. The summed E-state index contributed by atoms with van der Waals surface area (Å²) in [5.74, 6) is 1.61. The lowest BCUT2D eigenvalue weighted by molar-refractivity contribution is 0.284. The summed E-state index contributed by atoms with van der Waals surface area (Å²) >= 11 is 5.50. The Bertz CT molecular complexity index is 863. The highest BCUT2D eigenvalue weighted by atomic mass is 32.1. The van der Waals surface area contributed by atoms with Gasteiger partial charge in [0, 0.05) is 0 Å². The Hall–Kier alpha value is -2.86. The zero-order valence-electron chi connectivity index (χ0n) is 14.2. The highest BCUT2D eigenvalue weighted by molar-refractivity contribution is 7.80. The van der Waals surface area contributed by atoms with Crippen LogP contribution in [-0.2, 0) is 13.2 Å². The molecule has 1 heterocycles. The van der Waals surface area contributed by atoms with Gasteiger partial charge in [-0.15, -0.1) is 0 Å². The summed E-state index contributed by atoms with van der Waals surface area (Å²) < 4.78 is 29.7. The molecule has 0 atom stereocenters. The molecule has 0 fully saturated rings. The lowest BCUT2D eigenvalue weighted by Gasteiger charge is -2.16. The number of methoxy groups -OCH3 is 1. The standard InChI is InChI=1S/C20H18FNO3S/c1-23-18-6-2-5-17(20(26)22-12-16-4-3-11-24-16)19(18)25-13-14-7-9-15(21)10-8-14/h2-11H,12-13H2,1H3,(H,22,26). The van der Waals surface area contributed by atoms with Gasteiger partial charge >= 0.3 is 0 Å². The van der Waals surface area contributed by atoms with E-state index >= 15 is 0 Å². The van der Waals surface area contributed by atoms with E-state index in [1.54, 1.807) is 31.6 Å². The molecular formula is C20H18FNO3S. The van der Waals surface area contributed by atoms with Gasteiger partial charge in [0.15, 0.2) is 11.5 Å². The van der Waals surface area contributed by atoms with Gasteiger partial charge in [-0.1, -0.05) is 30.4 Å². The molecule has 2 aromatic carbocycles. The molecule has 0 aliphatic heterocycles. The third-order valence-electron chi connectivity index (χ3n) is 3.74. The highest BCUT2D eigenvalue weighted by Gasteiger charge is 2.15. The molecule has 26 heavy (non-hydrogen) atoms. The first-order valence-corrected chi connectivity index (χ1v) is 8.43. The number of rotatable bonds is 7. The molecule has 0 spiro atoms. The van der Waals surface area contributed by atoms with E-state index in [-0.39, 0.29) is 12.4 Å². The number of ether oxygens (including phenoxy) is 2. The molecule has 0 bridgehead atoms. The fourth-order valence-corrected chi connectivity index (χ4v) is 2.65. The first kappa shape index (κ1) is 17.9. The van der Waals surface area contributed by atoms with Gasteiger partial charge in [0.2, 0.25) is 0 Å². The fourth-order valence-electron chi connectivity index (χ4n) is 2.42. The molecule has 3 rings (SSSR count). The summed E-state index contributed by atoms with van der Waals surface area (Å²) in [5.41, 5.74) is 1.56. The maximum absolute atomic E-state index is 13.0. The van der Waals surface area contributed by atoms with Crippen LogP contribution in [0.2, 0.25) is 0 Å². The molecule has 4 nitrogen and oxygen atoms in total. The van der Waals surface area contributed by atoms with Crippen molar-refractivity contribution in [2.45, 2.75) is 13.2 Å². The summed E-state index contributed by atoms with van der Waals surface area (Å²) in [6.07, 6.45) is 1.61. The van der Waals surface area contributed by atoms with E-state index in [1.807, 2.05) is 24.3 Å². The number of hydrogen-bond donors (Lipinski definition) is 1. The second kappa shape index (κ2) is 8.49. The monoisotopic (exact) mass is 371 g/mol. The molecule has 6 heteroatoms. The van der Waals surface area contributed by atoms with Crippen molar-refractivity contribution in [3.8, 4) is 11.5 Å². The third-order valence-corrected chi connectivity index (χ3v) is 4.11. The van der Waals surface area contributed by atoms with Crippen LogP contribution in [0.3, 0.4) is 0 Å². The average Bonchev–Trinajstić information content (AvgIpc) is 3.19. The Balaban J connectivity index is 1.76. The van der Waals surface area contributed by atoms with Gasteiger partial charge in [0.1, 0.15) is 23.2 Å².